The summed E-state index contributed by atoms with van der Waals surface area (Å²) in [5.74, 6) is 0.250. The summed E-state index contributed by atoms with van der Waals surface area (Å²) in [5, 5.41) is 19.7. The van der Waals surface area contributed by atoms with Crippen LogP contribution in [0.3, 0.4) is 0 Å². The first kappa shape index (κ1) is 13.7. The molecule has 0 aliphatic carbocycles. The summed E-state index contributed by atoms with van der Waals surface area (Å²) in [6.45, 7) is 0.176. The number of rotatable bonds is 5. The molecule has 1 atom stereocenters. The zero-order valence-corrected chi connectivity index (χ0v) is 11.0. The molecule has 0 aromatic heterocycles. The summed E-state index contributed by atoms with van der Waals surface area (Å²) < 4.78 is 5.53. The van der Waals surface area contributed by atoms with E-state index in [1.54, 1.807) is 30.3 Å². The molecule has 0 spiro atoms. The number of ether oxygens (including phenoxy) is 1. The molecule has 3 nitrogen and oxygen atoms in total. The predicted molar refractivity (Wildman–Crippen MR) is 74.9 cm³/mol. The topological polar surface area (TPSA) is 49.7 Å². The van der Waals surface area contributed by atoms with Gasteiger partial charge in [0.15, 0.2) is 11.5 Å². The standard InChI is InChI=1S/C15H15ClO3/c16-13-6-2-1-5-12(13)11(9-17)10-19-15-8-4-3-7-14(15)18/h1-8,11,17-18H,9-10H2. The second kappa shape index (κ2) is 6.45. The van der Waals surface area contributed by atoms with E-state index in [1.165, 1.54) is 0 Å². The average Bonchev–Trinajstić information content (AvgIpc) is 2.43. The van der Waals surface area contributed by atoms with Crippen molar-refractivity contribution in [2.24, 2.45) is 0 Å². The molecule has 1 unspecified atom stereocenters. The van der Waals surface area contributed by atoms with Crippen LogP contribution in [0, 0.1) is 0 Å². The average molecular weight is 279 g/mol. The molecule has 0 saturated carbocycles. The maximum atomic E-state index is 9.61. The molecule has 2 rings (SSSR count). The molecule has 2 N–H and O–H groups in total. The number of para-hydroxylation sites is 2. The predicted octanol–water partition coefficient (Wildman–Crippen LogP) is 3.20. The van der Waals surface area contributed by atoms with Crippen molar-refractivity contribution < 1.29 is 14.9 Å². The van der Waals surface area contributed by atoms with Gasteiger partial charge in [-0.2, -0.15) is 0 Å². The lowest BCUT2D eigenvalue weighted by atomic mass is 10.0. The molecule has 2 aromatic carbocycles. The number of halogens is 1. The SMILES string of the molecule is OCC(COc1ccccc1O)c1ccccc1Cl. The van der Waals surface area contributed by atoms with Crippen LogP contribution in [0.2, 0.25) is 5.02 Å². The highest BCUT2D eigenvalue weighted by Crippen LogP contribution is 2.28. The number of aliphatic hydroxyl groups excluding tert-OH is 1. The maximum absolute atomic E-state index is 9.61. The zero-order chi connectivity index (χ0) is 13.7. The van der Waals surface area contributed by atoms with Crippen LogP contribution in [-0.4, -0.2) is 23.4 Å². The van der Waals surface area contributed by atoms with Gasteiger partial charge in [0.25, 0.3) is 0 Å². The first-order valence-corrected chi connectivity index (χ1v) is 6.36. The van der Waals surface area contributed by atoms with Gasteiger partial charge < -0.3 is 14.9 Å². The van der Waals surface area contributed by atoms with E-state index in [2.05, 4.69) is 0 Å². The van der Waals surface area contributed by atoms with Crippen LogP contribution in [0.25, 0.3) is 0 Å². The Morgan fingerprint density at radius 2 is 1.74 bits per heavy atom. The third-order valence-corrected chi connectivity index (χ3v) is 3.21. The minimum Gasteiger partial charge on any atom is -0.504 e. The van der Waals surface area contributed by atoms with E-state index in [1.807, 2.05) is 18.2 Å². The van der Waals surface area contributed by atoms with Gasteiger partial charge in [0.05, 0.1) is 13.2 Å². The van der Waals surface area contributed by atoms with Crippen molar-refractivity contribution in [3.05, 3.63) is 59.1 Å². The summed E-state index contributed by atoms with van der Waals surface area (Å²) in [5.41, 5.74) is 0.835. The zero-order valence-electron chi connectivity index (χ0n) is 10.3. The highest BCUT2D eigenvalue weighted by Gasteiger charge is 2.15. The van der Waals surface area contributed by atoms with E-state index >= 15 is 0 Å². The number of benzene rings is 2. The van der Waals surface area contributed by atoms with Gasteiger partial charge in [-0.25, -0.2) is 0 Å². The van der Waals surface area contributed by atoms with Gasteiger partial charge in [-0.3, -0.25) is 0 Å². The lowest BCUT2D eigenvalue weighted by Gasteiger charge is -2.17. The first-order chi connectivity index (χ1) is 9.22. The number of hydrogen-bond donors (Lipinski definition) is 2. The molecule has 19 heavy (non-hydrogen) atoms. The Hall–Kier alpha value is -1.71. The molecule has 0 fully saturated rings. The molecular formula is C15H15ClO3. The first-order valence-electron chi connectivity index (χ1n) is 5.98. The Labute approximate surface area is 117 Å². The van der Waals surface area contributed by atoms with Crippen molar-refractivity contribution in [2.75, 3.05) is 13.2 Å². The summed E-state index contributed by atoms with van der Waals surface area (Å²) >= 11 is 6.09. The Balaban J connectivity index is 2.09. The van der Waals surface area contributed by atoms with Crippen LogP contribution in [-0.2, 0) is 0 Å². The van der Waals surface area contributed by atoms with Gasteiger partial charge in [0, 0.05) is 10.9 Å². The fourth-order valence-corrected chi connectivity index (χ4v) is 2.11. The minimum absolute atomic E-state index is 0.0721. The van der Waals surface area contributed by atoms with Crippen LogP contribution in [0.15, 0.2) is 48.5 Å². The van der Waals surface area contributed by atoms with Crippen LogP contribution < -0.4 is 4.74 Å². The molecule has 0 amide bonds. The van der Waals surface area contributed by atoms with Crippen molar-refractivity contribution in [1.29, 1.82) is 0 Å². The second-order valence-electron chi connectivity index (χ2n) is 4.18. The lowest BCUT2D eigenvalue weighted by Crippen LogP contribution is -2.14. The summed E-state index contributed by atoms with van der Waals surface area (Å²) in [4.78, 5) is 0. The highest BCUT2D eigenvalue weighted by molar-refractivity contribution is 6.31. The van der Waals surface area contributed by atoms with Gasteiger partial charge in [-0.05, 0) is 23.8 Å². The smallest absolute Gasteiger partial charge is 0.160 e. The summed E-state index contributed by atoms with van der Waals surface area (Å²) in [6.07, 6.45) is 0. The molecule has 100 valence electrons. The minimum atomic E-state index is -0.228. The molecular weight excluding hydrogens is 264 g/mol. The van der Waals surface area contributed by atoms with E-state index < -0.39 is 0 Å². The van der Waals surface area contributed by atoms with Crippen molar-refractivity contribution in [2.45, 2.75) is 5.92 Å². The molecule has 4 heteroatoms. The van der Waals surface area contributed by atoms with E-state index in [0.717, 1.165) is 5.56 Å². The molecule has 0 aliphatic rings. The van der Waals surface area contributed by atoms with E-state index in [4.69, 9.17) is 16.3 Å². The van der Waals surface area contributed by atoms with Gasteiger partial charge in [-0.15, -0.1) is 0 Å². The van der Waals surface area contributed by atoms with Gasteiger partial charge in [0.2, 0.25) is 0 Å². The van der Waals surface area contributed by atoms with Crippen LogP contribution >= 0.6 is 11.6 Å². The number of hydrogen-bond acceptors (Lipinski definition) is 3. The fourth-order valence-electron chi connectivity index (χ4n) is 1.82. The second-order valence-corrected chi connectivity index (χ2v) is 4.59. The largest absolute Gasteiger partial charge is 0.504 e. The maximum Gasteiger partial charge on any atom is 0.160 e. The molecule has 0 radical (unpaired) electrons. The van der Waals surface area contributed by atoms with Crippen molar-refractivity contribution in [3.8, 4) is 11.5 Å². The summed E-state index contributed by atoms with van der Waals surface area (Å²) in [7, 11) is 0. The Kier molecular flexibility index (Phi) is 4.66. The number of aliphatic hydroxyl groups is 1. The van der Waals surface area contributed by atoms with Crippen molar-refractivity contribution in [1.82, 2.24) is 0 Å². The Bertz CT molecular complexity index is 542. The van der Waals surface area contributed by atoms with Crippen molar-refractivity contribution in [3.63, 3.8) is 0 Å². The third-order valence-electron chi connectivity index (χ3n) is 2.87. The van der Waals surface area contributed by atoms with Crippen LogP contribution in [0.4, 0.5) is 0 Å². The van der Waals surface area contributed by atoms with E-state index in [-0.39, 0.29) is 24.9 Å². The fraction of sp³-hybridized carbons (Fsp3) is 0.200. The van der Waals surface area contributed by atoms with Gasteiger partial charge >= 0.3 is 0 Å². The Morgan fingerprint density at radius 1 is 1.05 bits per heavy atom. The number of phenolic OH excluding ortho intramolecular Hbond substituents is 1. The molecule has 0 heterocycles. The normalized spacial score (nSPS) is 12.1. The summed E-state index contributed by atoms with van der Waals surface area (Å²) in [6, 6.07) is 14.1. The van der Waals surface area contributed by atoms with Crippen LogP contribution in [0.5, 0.6) is 11.5 Å². The van der Waals surface area contributed by atoms with Crippen molar-refractivity contribution >= 4 is 11.6 Å². The van der Waals surface area contributed by atoms with E-state index in [9.17, 15) is 10.2 Å². The Morgan fingerprint density at radius 3 is 2.42 bits per heavy atom. The molecule has 0 bridgehead atoms. The lowest BCUT2D eigenvalue weighted by molar-refractivity contribution is 0.201. The van der Waals surface area contributed by atoms with Crippen LogP contribution in [0.1, 0.15) is 11.5 Å². The van der Waals surface area contributed by atoms with E-state index in [0.29, 0.717) is 10.8 Å². The third kappa shape index (κ3) is 3.40. The van der Waals surface area contributed by atoms with Gasteiger partial charge in [-0.1, -0.05) is 41.9 Å². The monoisotopic (exact) mass is 278 g/mol. The molecule has 2 aromatic rings. The molecule has 0 aliphatic heterocycles. The quantitative estimate of drug-likeness (QED) is 0.883. The highest BCUT2D eigenvalue weighted by atomic mass is 35.5. The molecule has 0 saturated heterocycles. The van der Waals surface area contributed by atoms with Gasteiger partial charge in [0.1, 0.15) is 0 Å². The number of aromatic hydroxyl groups is 1. The number of phenols is 1.